The van der Waals surface area contributed by atoms with E-state index in [0.29, 0.717) is 13.0 Å². The Labute approximate surface area is 87.7 Å². The maximum atomic E-state index is 13.9. The van der Waals surface area contributed by atoms with Gasteiger partial charge >= 0.3 is 0 Å². The Morgan fingerprint density at radius 1 is 1.33 bits per heavy atom. The van der Waals surface area contributed by atoms with Gasteiger partial charge in [0.1, 0.15) is 11.5 Å². The van der Waals surface area contributed by atoms with Crippen molar-refractivity contribution in [2.45, 2.75) is 12.1 Å². The zero-order valence-electron chi connectivity index (χ0n) is 8.39. The fourth-order valence-electron chi connectivity index (χ4n) is 1.69. The topological polar surface area (TPSA) is 24.1 Å². The molecule has 1 saturated heterocycles. The molecule has 2 rings (SSSR count). The summed E-state index contributed by atoms with van der Waals surface area (Å²) < 4.78 is 26.5. The van der Waals surface area contributed by atoms with Crippen molar-refractivity contribution in [1.29, 1.82) is 0 Å². The highest BCUT2D eigenvalue weighted by molar-refractivity contribution is 5.43. The molecule has 1 aliphatic rings. The number of halogens is 2. The summed E-state index contributed by atoms with van der Waals surface area (Å²) in [4.78, 5) is 0. The third-order valence-corrected chi connectivity index (χ3v) is 2.65. The van der Waals surface area contributed by atoms with Crippen LogP contribution in [0.3, 0.4) is 0 Å². The maximum absolute atomic E-state index is 13.9. The van der Waals surface area contributed by atoms with Crippen molar-refractivity contribution < 1.29 is 8.78 Å². The van der Waals surface area contributed by atoms with E-state index in [2.05, 4.69) is 10.6 Å². The first kappa shape index (κ1) is 10.4. The highest BCUT2D eigenvalue weighted by atomic mass is 19.1. The van der Waals surface area contributed by atoms with Crippen LogP contribution in [0.15, 0.2) is 24.3 Å². The number of anilines is 1. The smallest absolute Gasteiger partial charge is 0.141 e. The Morgan fingerprint density at radius 3 is 2.67 bits per heavy atom. The number of rotatable bonds is 3. The lowest BCUT2D eigenvalue weighted by Crippen LogP contribution is -2.34. The largest absolute Gasteiger partial charge is 0.382 e. The molecule has 2 nitrogen and oxygen atoms in total. The van der Waals surface area contributed by atoms with Gasteiger partial charge in [-0.1, -0.05) is 0 Å². The molecule has 0 bridgehead atoms. The summed E-state index contributed by atoms with van der Waals surface area (Å²) in [6, 6.07) is 5.95. The standard InChI is InChI=1S/C11H14F2N2/c12-9-1-3-10(4-2-9)15-8-11(13)5-6-14-7-11/h1-4,14-15H,5-8H2. The van der Waals surface area contributed by atoms with E-state index in [9.17, 15) is 8.78 Å². The number of hydrogen-bond acceptors (Lipinski definition) is 2. The van der Waals surface area contributed by atoms with E-state index in [-0.39, 0.29) is 12.4 Å². The summed E-state index contributed by atoms with van der Waals surface area (Å²) in [6.07, 6.45) is 0.529. The average Bonchev–Trinajstić information content (AvgIpc) is 2.65. The predicted octanol–water partition coefficient (Wildman–Crippen LogP) is 1.94. The van der Waals surface area contributed by atoms with Gasteiger partial charge in [-0.15, -0.1) is 0 Å². The lowest BCUT2D eigenvalue weighted by molar-refractivity contribution is 0.208. The average molecular weight is 212 g/mol. The van der Waals surface area contributed by atoms with Gasteiger partial charge in [-0.2, -0.15) is 0 Å². The molecule has 4 heteroatoms. The molecule has 0 radical (unpaired) electrons. The lowest BCUT2D eigenvalue weighted by atomic mass is 10.1. The van der Waals surface area contributed by atoms with Crippen LogP contribution in [0.2, 0.25) is 0 Å². The molecule has 0 aliphatic carbocycles. The highest BCUT2D eigenvalue weighted by Crippen LogP contribution is 2.20. The van der Waals surface area contributed by atoms with Crippen LogP contribution in [0.4, 0.5) is 14.5 Å². The van der Waals surface area contributed by atoms with Gasteiger partial charge in [-0.3, -0.25) is 0 Å². The number of benzene rings is 1. The van der Waals surface area contributed by atoms with Crippen molar-refractivity contribution in [2.75, 3.05) is 25.0 Å². The second kappa shape index (κ2) is 4.14. The van der Waals surface area contributed by atoms with Gasteiger partial charge in [0.25, 0.3) is 0 Å². The molecule has 0 aromatic heterocycles. The molecule has 1 aromatic rings. The highest BCUT2D eigenvalue weighted by Gasteiger charge is 2.33. The van der Waals surface area contributed by atoms with E-state index in [4.69, 9.17) is 0 Å². The van der Waals surface area contributed by atoms with E-state index in [1.807, 2.05) is 0 Å². The van der Waals surface area contributed by atoms with Crippen LogP contribution >= 0.6 is 0 Å². The minimum atomic E-state index is -1.17. The quantitative estimate of drug-likeness (QED) is 0.800. The Bertz CT molecular complexity index is 318. The van der Waals surface area contributed by atoms with E-state index in [1.54, 1.807) is 12.1 Å². The first-order valence-corrected chi connectivity index (χ1v) is 5.07. The first-order chi connectivity index (χ1) is 7.18. The lowest BCUT2D eigenvalue weighted by Gasteiger charge is -2.19. The van der Waals surface area contributed by atoms with Crippen LogP contribution in [0.5, 0.6) is 0 Å². The van der Waals surface area contributed by atoms with Gasteiger partial charge in [0.2, 0.25) is 0 Å². The molecule has 2 N–H and O–H groups in total. The van der Waals surface area contributed by atoms with Gasteiger partial charge in [0.05, 0.1) is 6.54 Å². The SMILES string of the molecule is Fc1ccc(NCC2(F)CCNC2)cc1. The van der Waals surface area contributed by atoms with Gasteiger partial charge in [0.15, 0.2) is 0 Å². The molecule has 1 atom stereocenters. The summed E-state index contributed by atoms with van der Waals surface area (Å²) in [7, 11) is 0. The van der Waals surface area contributed by atoms with Crippen molar-refractivity contribution in [2.24, 2.45) is 0 Å². The normalized spacial score (nSPS) is 25.5. The van der Waals surface area contributed by atoms with Gasteiger partial charge in [-0.25, -0.2) is 8.78 Å². The van der Waals surface area contributed by atoms with Crippen molar-refractivity contribution in [3.05, 3.63) is 30.1 Å². The molecular formula is C11H14F2N2. The molecule has 1 aliphatic heterocycles. The van der Waals surface area contributed by atoms with E-state index in [0.717, 1.165) is 12.2 Å². The Morgan fingerprint density at radius 2 is 2.07 bits per heavy atom. The Kier molecular flexibility index (Phi) is 2.86. The summed E-state index contributed by atoms with van der Waals surface area (Å²) in [5, 5.41) is 5.96. The van der Waals surface area contributed by atoms with Crippen LogP contribution in [0.25, 0.3) is 0 Å². The van der Waals surface area contributed by atoms with Crippen LogP contribution in [-0.4, -0.2) is 25.3 Å². The second-order valence-corrected chi connectivity index (χ2v) is 3.94. The molecule has 1 fully saturated rings. The second-order valence-electron chi connectivity index (χ2n) is 3.94. The summed E-state index contributed by atoms with van der Waals surface area (Å²) in [6.45, 7) is 1.38. The Hall–Kier alpha value is -1.16. The van der Waals surface area contributed by atoms with E-state index < -0.39 is 5.67 Å². The predicted molar refractivity (Wildman–Crippen MR) is 56.2 cm³/mol. The number of hydrogen-bond donors (Lipinski definition) is 2. The third-order valence-electron chi connectivity index (χ3n) is 2.65. The molecule has 0 spiro atoms. The van der Waals surface area contributed by atoms with Crippen LogP contribution in [0.1, 0.15) is 6.42 Å². The van der Waals surface area contributed by atoms with Crippen LogP contribution in [-0.2, 0) is 0 Å². The molecule has 1 unspecified atom stereocenters. The summed E-state index contributed by atoms with van der Waals surface area (Å²) in [5.41, 5.74) is -0.422. The van der Waals surface area contributed by atoms with E-state index >= 15 is 0 Å². The van der Waals surface area contributed by atoms with Crippen LogP contribution in [0, 0.1) is 5.82 Å². The molecule has 82 valence electrons. The van der Waals surface area contributed by atoms with Crippen molar-refractivity contribution >= 4 is 5.69 Å². The molecular weight excluding hydrogens is 198 g/mol. The van der Waals surface area contributed by atoms with Crippen LogP contribution < -0.4 is 10.6 Å². The van der Waals surface area contributed by atoms with Gasteiger partial charge in [0, 0.05) is 12.2 Å². The summed E-state index contributed by atoms with van der Waals surface area (Å²) in [5.74, 6) is -0.280. The fraction of sp³-hybridized carbons (Fsp3) is 0.455. The molecule has 0 amide bonds. The van der Waals surface area contributed by atoms with Crippen molar-refractivity contribution in [3.63, 3.8) is 0 Å². The molecule has 1 aromatic carbocycles. The van der Waals surface area contributed by atoms with Crippen molar-refractivity contribution in [3.8, 4) is 0 Å². The molecule has 0 saturated carbocycles. The van der Waals surface area contributed by atoms with E-state index in [1.165, 1.54) is 12.1 Å². The number of alkyl halides is 1. The van der Waals surface area contributed by atoms with Crippen molar-refractivity contribution in [1.82, 2.24) is 5.32 Å². The minimum absolute atomic E-state index is 0.269. The first-order valence-electron chi connectivity index (χ1n) is 5.07. The number of nitrogens with one attached hydrogen (secondary N) is 2. The van der Waals surface area contributed by atoms with Gasteiger partial charge in [-0.05, 0) is 37.2 Å². The Balaban J connectivity index is 1.90. The monoisotopic (exact) mass is 212 g/mol. The maximum Gasteiger partial charge on any atom is 0.141 e. The van der Waals surface area contributed by atoms with Gasteiger partial charge < -0.3 is 10.6 Å². The molecule has 1 heterocycles. The zero-order valence-corrected chi connectivity index (χ0v) is 8.39. The minimum Gasteiger partial charge on any atom is -0.382 e. The fourth-order valence-corrected chi connectivity index (χ4v) is 1.69. The molecule has 15 heavy (non-hydrogen) atoms. The zero-order chi connectivity index (χ0) is 10.7. The third kappa shape index (κ3) is 2.65. The summed E-state index contributed by atoms with van der Waals surface area (Å²) >= 11 is 0.